The van der Waals surface area contributed by atoms with Crippen molar-refractivity contribution >= 4 is 23.2 Å². The van der Waals surface area contributed by atoms with Crippen molar-refractivity contribution < 1.29 is 14.3 Å². The third kappa shape index (κ3) is 2.73. The van der Waals surface area contributed by atoms with E-state index in [1.165, 1.54) is 0 Å². The zero-order chi connectivity index (χ0) is 16.5. The predicted octanol–water partition coefficient (Wildman–Crippen LogP) is 2.76. The highest BCUT2D eigenvalue weighted by molar-refractivity contribution is 5.97. The number of anilines is 2. The summed E-state index contributed by atoms with van der Waals surface area (Å²) in [6.45, 7) is 0.763. The normalized spacial score (nSPS) is 19.1. The Labute approximate surface area is 140 Å². The Bertz CT molecular complexity index is 760. The van der Waals surface area contributed by atoms with Crippen LogP contribution in [0.15, 0.2) is 48.5 Å². The summed E-state index contributed by atoms with van der Waals surface area (Å²) in [6, 6.07) is 15.1. The number of carbonyl (C=O) groups excluding carboxylic acids is 2. The lowest BCUT2D eigenvalue weighted by Crippen LogP contribution is -2.31. The number of amides is 2. The number of benzene rings is 2. The topological polar surface area (TPSA) is 58.6 Å². The predicted molar refractivity (Wildman–Crippen MR) is 91.2 cm³/mol. The zero-order valence-corrected chi connectivity index (χ0v) is 13.2. The molecule has 122 valence electrons. The molecule has 2 amide bonds. The van der Waals surface area contributed by atoms with Crippen LogP contribution in [0.1, 0.15) is 18.4 Å². The van der Waals surface area contributed by atoms with E-state index in [0.717, 1.165) is 30.0 Å². The second kappa shape index (κ2) is 6.00. The third-order valence-corrected chi connectivity index (χ3v) is 4.46. The maximum absolute atomic E-state index is 12.4. The summed E-state index contributed by atoms with van der Waals surface area (Å²) in [5.74, 6) is 0.778. The van der Waals surface area contributed by atoms with Gasteiger partial charge in [-0.15, -0.1) is 0 Å². The summed E-state index contributed by atoms with van der Waals surface area (Å²) in [7, 11) is 0. The van der Waals surface area contributed by atoms with Gasteiger partial charge in [-0.05, 0) is 42.3 Å². The molecule has 0 bridgehead atoms. The summed E-state index contributed by atoms with van der Waals surface area (Å²) in [6.07, 6.45) is 1.60. The van der Waals surface area contributed by atoms with E-state index < -0.39 is 6.10 Å². The van der Waals surface area contributed by atoms with Gasteiger partial charge in [0.2, 0.25) is 5.91 Å². The fraction of sp³-hybridized carbons (Fsp3) is 0.263. The van der Waals surface area contributed by atoms with Crippen molar-refractivity contribution in [3.05, 3.63) is 54.1 Å². The van der Waals surface area contributed by atoms with E-state index in [4.69, 9.17) is 4.74 Å². The molecule has 4 rings (SSSR count). The highest BCUT2D eigenvalue weighted by Crippen LogP contribution is 2.29. The number of rotatable bonds is 3. The van der Waals surface area contributed by atoms with E-state index in [-0.39, 0.29) is 11.8 Å². The lowest BCUT2D eigenvalue weighted by Gasteiger charge is -2.16. The SMILES string of the molecule is O=C(Nc1ccc(N2CCCC2=O)cc1)[C@@H]1Cc2ccccc2O1. The fourth-order valence-corrected chi connectivity index (χ4v) is 3.20. The molecule has 1 atom stereocenters. The Hall–Kier alpha value is -2.82. The minimum Gasteiger partial charge on any atom is -0.480 e. The Morgan fingerprint density at radius 1 is 1.12 bits per heavy atom. The maximum Gasteiger partial charge on any atom is 0.265 e. The van der Waals surface area contributed by atoms with Crippen molar-refractivity contribution in [1.82, 2.24) is 0 Å². The largest absolute Gasteiger partial charge is 0.480 e. The highest BCUT2D eigenvalue weighted by Gasteiger charge is 2.29. The average molecular weight is 322 g/mol. The van der Waals surface area contributed by atoms with Crippen molar-refractivity contribution in [3.8, 4) is 5.75 Å². The van der Waals surface area contributed by atoms with Crippen molar-refractivity contribution in [2.75, 3.05) is 16.8 Å². The average Bonchev–Trinajstić information content (AvgIpc) is 3.21. The van der Waals surface area contributed by atoms with Gasteiger partial charge in [0.15, 0.2) is 6.10 Å². The van der Waals surface area contributed by atoms with Gasteiger partial charge in [0, 0.05) is 30.8 Å². The molecule has 5 heteroatoms. The van der Waals surface area contributed by atoms with Gasteiger partial charge in [0.25, 0.3) is 5.91 Å². The van der Waals surface area contributed by atoms with Gasteiger partial charge in [0.05, 0.1) is 0 Å². The summed E-state index contributed by atoms with van der Waals surface area (Å²) in [4.78, 5) is 25.9. The molecule has 1 N–H and O–H groups in total. The molecule has 0 radical (unpaired) electrons. The quantitative estimate of drug-likeness (QED) is 0.945. The Kier molecular flexibility index (Phi) is 3.69. The molecule has 0 aliphatic carbocycles. The van der Waals surface area contributed by atoms with Crippen LogP contribution in [0.3, 0.4) is 0 Å². The minimum atomic E-state index is -0.498. The van der Waals surface area contributed by atoms with Crippen LogP contribution >= 0.6 is 0 Å². The lowest BCUT2D eigenvalue weighted by atomic mass is 10.1. The van der Waals surface area contributed by atoms with Crippen molar-refractivity contribution in [3.63, 3.8) is 0 Å². The summed E-state index contributed by atoms with van der Waals surface area (Å²) in [5, 5.41) is 2.88. The number of hydrogen-bond donors (Lipinski definition) is 1. The van der Waals surface area contributed by atoms with E-state index in [1.54, 1.807) is 4.90 Å². The van der Waals surface area contributed by atoms with E-state index in [0.29, 0.717) is 18.5 Å². The van der Waals surface area contributed by atoms with Crippen LogP contribution in [0.25, 0.3) is 0 Å². The first-order valence-electron chi connectivity index (χ1n) is 8.16. The molecular formula is C19H18N2O3. The summed E-state index contributed by atoms with van der Waals surface area (Å²) in [5.41, 5.74) is 2.63. The molecule has 1 fully saturated rings. The second-order valence-electron chi connectivity index (χ2n) is 6.10. The number of ether oxygens (including phenoxy) is 1. The van der Waals surface area contributed by atoms with Crippen LogP contribution in [0.5, 0.6) is 5.75 Å². The Morgan fingerprint density at radius 2 is 1.92 bits per heavy atom. The van der Waals surface area contributed by atoms with Crippen LogP contribution < -0.4 is 15.0 Å². The second-order valence-corrected chi connectivity index (χ2v) is 6.10. The standard InChI is InChI=1S/C19H18N2O3/c22-18-6-3-11-21(18)15-9-7-14(8-10-15)20-19(23)17-12-13-4-1-2-5-16(13)24-17/h1-2,4-5,7-10,17H,3,6,11-12H2,(H,20,23)/t17-/m0/s1. The molecular weight excluding hydrogens is 304 g/mol. The van der Waals surface area contributed by atoms with Crippen LogP contribution in [0, 0.1) is 0 Å². The zero-order valence-electron chi connectivity index (χ0n) is 13.2. The van der Waals surface area contributed by atoms with Crippen molar-refractivity contribution in [1.29, 1.82) is 0 Å². The maximum atomic E-state index is 12.4. The Balaban J connectivity index is 1.41. The highest BCUT2D eigenvalue weighted by atomic mass is 16.5. The number of hydrogen-bond acceptors (Lipinski definition) is 3. The van der Waals surface area contributed by atoms with E-state index in [1.807, 2.05) is 48.5 Å². The number of fused-ring (bicyclic) bond motifs is 1. The Morgan fingerprint density at radius 3 is 2.62 bits per heavy atom. The number of nitrogens with zero attached hydrogens (tertiary/aromatic N) is 1. The molecule has 5 nitrogen and oxygen atoms in total. The van der Waals surface area contributed by atoms with Gasteiger partial charge in [0.1, 0.15) is 5.75 Å². The van der Waals surface area contributed by atoms with E-state index in [9.17, 15) is 9.59 Å². The molecule has 2 heterocycles. The first kappa shape index (κ1) is 14.8. The van der Waals surface area contributed by atoms with Gasteiger partial charge < -0.3 is 15.0 Å². The summed E-state index contributed by atoms with van der Waals surface area (Å²) >= 11 is 0. The van der Waals surface area contributed by atoms with Gasteiger partial charge in [-0.3, -0.25) is 9.59 Å². The first-order valence-corrected chi connectivity index (χ1v) is 8.16. The van der Waals surface area contributed by atoms with Crippen molar-refractivity contribution in [2.45, 2.75) is 25.4 Å². The van der Waals surface area contributed by atoms with Gasteiger partial charge in [-0.2, -0.15) is 0 Å². The van der Waals surface area contributed by atoms with Crippen molar-refractivity contribution in [2.24, 2.45) is 0 Å². The molecule has 2 aliphatic rings. The number of nitrogens with one attached hydrogen (secondary N) is 1. The van der Waals surface area contributed by atoms with Crippen LogP contribution in [0.4, 0.5) is 11.4 Å². The van der Waals surface area contributed by atoms with Crippen LogP contribution in [0.2, 0.25) is 0 Å². The molecule has 0 saturated carbocycles. The molecule has 2 aliphatic heterocycles. The first-order chi connectivity index (χ1) is 11.7. The van der Waals surface area contributed by atoms with Gasteiger partial charge in [-0.25, -0.2) is 0 Å². The molecule has 2 aromatic carbocycles. The van der Waals surface area contributed by atoms with Crippen LogP contribution in [-0.4, -0.2) is 24.5 Å². The monoisotopic (exact) mass is 322 g/mol. The fourth-order valence-electron chi connectivity index (χ4n) is 3.20. The smallest absolute Gasteiger partial charge is 0.265 e. The summed E-state index contributed by atoms with van der Waals surface area (Å²) < 4.78 is 5.70. The molecule has 24 heavy (non-hydrogen) atoms. The molecule has 2 aromatic rings. The lowest BCUT2D eigenvalue weighted by molar-refractivity contribution is -0.122. The molecule has 1 saturated heterocycles. The van der Waals surface area contributed by atoms with E-state index in [2.05, 4.69) is 5.32 Å². The number of carbonyl (C=O) groups is 2. The minimum absolute atomic E-state index is 0.156. The van der Waals surface area contributed by atoms with Gasteiger partial charge in [-0.1, -0.05) is 18.2 Å². The molecule has 0 unspecified atom stereocenters. The number of para-hydroxylation sites is 1. The van der Waals surface area contributed by atoms with E-state index >= 15 is 0 Å². The molecule has 0 spiro atoms. The third-order valence-electron chi connectivity index (χ3n) is 4.46. The van der Waals surface area contributed by atoms with Gasteiger partial charge >= 0.3 is 0 Å². The molecule has 0 aromatic heterocycles. The van der Waals surface area contributed by atoms with Crippen LogP contribution in [-0.2, 0) is 16.0 Å².